The highest BCUT2D eigenvalue weighted by molar-refractivity contribution is 9.10. The number of hydrogen-bond acceptors (Lipinski definition) is 3. The standard InChI is InChI=1S/C14H11BrClNO3S/c1-9(18)10-2-5-12(6-3-10)21(19,20)17-11-4-7-13(15)14(16)8-11/h2-8,17H,1H3. The third-order valence-electron chi connectivity index (χ3n) is 2.74. The van der Waals surface area contributed by atoms with Crippen molar-refractivity contribution in [2.45, 2.75) is 11.8 Å². The van der Waals surface area contributed by atoms with E-state index >= 15 is 0 Å². The smallest absolute Gasteiger partial charge is 0.261 e. The van der Waals surface area contributed by atoms with Gasteiger partial charge in [0, 0.05) is 10.0 Å². The molecule has 0 fully saturated rings. The number of anilines is 1. The van der Waals surface area contributed by atoms with E-state index in [-0.39, 0.29) is 10.7 Å². The quantitative estimate of drug-likeness (QED) is 0.802. The normalized spacial score (nSPS) is 11.2. The van der Waals surface area contributed by atoms with Crippen molar-refractivity contribution in [2.75, 3.05) is 4.72 Å². The van der Waals surface area contributed by atoms with Crippen LogP contribution < -0.4 is 4.72 Å². The van der Waals surface area contributed by atoms with Crippen molar-refractivity contribution in [2.24, 2.45) is 0 Å². The van der Waals surface area contributed by atoms with E-state index in [0.717, 1.165) is 0 Å². The first-order chi connectivity index (χ1) is 9.79. The van der Waals surface area contributed by atoms with Gasteiger partial charge in [-0.25, -0.2) is 8.42 Å². The summed E-state index contributed by atoms with van der Waals surface area (Å²) in [5, 5.41) is 0.405. The lowest BCUT2D eigenvalue weighted by Gasteiger charge is -2.09. The second-order valence-corrected chi connectivity index (χ2v) is 7.26. The van der Waals surface area contributed by atoms with E-state index in [9.17, 15) is 13.2 Å². The lowest BCUT2D eigenvalue weighted by Crippen LogP contribution is -2.13. The van der Waals surface area contributed by atoms with E-state index in [0.29, 0.717) is 20.7 Å². The molecule has 0 saturated heterocycles. The average molecular weight is 389 g/mol. The molecular weight excluding hydrogens is 378 g/mol. The van der Waals surface area contributed by atoms with Crippen LogP contribution in [0.1, 0.15) is 17.3 Å². The molecule has 0 atom stereocenters. The van der Waals surface area contributed by atoms with Gasteiger partial charge in [0.15, 0.2) is 5.78 Å². The summed E-state index contributed by atoms with van der Waals surface area (Å²) in [6.07, 6.45) is 0. The molecule has 7 heteroatoms. The molecule has 0 heterocycles. The highest BCUT2D eigenvalue weighted by atomic mass is 79.9. The number of sulfonamides is 1. The van der Waals surface area contributed by atoms with Crippen LogP contribution in [0.3, 0.4) is 0 Å². The van der Waals surface area contributed by atoms with E-state index in [1.807, 2.05) is 0 Å². The van der Waals surface area contributed by atoms with Gasteiger partial charge in [-0.3, -0.25) is 9.52 Å². The first kappa shape index (κ1) is 16.0. The third-order valence-corrected chi connectivity index (χ3v) is 5.37. The monoisotopic (exact) mass is 387 g/mol. The highest BCUT2D eigenvalue weighted by Gasteiger charge is 2.15. The molecule has 0 radical (unpaired) electrons. The van der Waals surface area contributed by atoms with Gasteiger partial charge in [0.2, 0.25) is 0 Å². The van der Waals surface area contributed by atoms with E-state index in [1.165, 1.54) is 37.3 Å². The van der Waals surface area contributed by atoms with Crippen molar-refractivity contribution >= 4 is 49.0 Å². The van der Waals surface area contributed by atoms with Gasteiger partial charge < -0.3 is 0 Å². The van der Waals surface area contributed by atoms with Gasteiger partial charge in [-0.2, -0.15) is 0 Å². The van der Waals surface area contributed by atoms with Crippen molar-refractivity contribution in [1.82, 2.24) is 0 Å². The summed E-state index contributed by atoms with van der Waals surface area (Å²) in [6, 6.07) is 10.5. The second-order valence-electron chi connectivity index (χ2n) is 4.31. The molecule has 0 amide bonds. The molecule has 110 valence electrons. The molecule has 2 rings (SSSR count). The Balaban J connectivity index is 2.29. The van der Waals surface area contributed by atoms with Crippen LogP contribution in [-0.4, -0.2) is 14.2 Å². The Morgan fingerprint density at radius 1 is 1.14 bits per heavy atom. The molecule has 0 aliphatic carbocycles. The van der Waals surface area contributed by atoms with Gasteiger partial charge >= 0.3 is 0 Å². The molecule has 0 aromatic heterocycles. The summed E-state index contributed by atoms with van der Waals surface area (Å²) in [6.45, 7) is 1.42. The van der Waals surface area contributed by atoms with Crippen molar-refractivity contribution in [3.63, 3.8) is 0 Å². The maximum absolute atomic E-state index is 12.2. The third kappa shape index (κ3) is 3.84. The molecule has 0 unspecified atom stereocenters. The molecule has 4 nitrogen and oxygen atoms in total. The van der Waals surface area contributed by atoms with Crippen LogP contribution >= 0.6 is 27.5 Å². The van der Waals surface area contributed by atoms with E-state index in [4.69, 9.17) is 11.6 Å². The Kier molecular flexibility index (Phi) is 4.70. The predicted molar refractivity (Wildman–Crippen MR) is 86.4 cm³/mol. The predicted octanol–water partition coefficient (Wildman–Crippen LogP) is 4.11. The number of carbonyl (C=O) groups excluding carboxylic acids is 1. The molecule has 0 spiro atoms. The Morgan fingerprint density at radius 3 is 2.29 bits per heavy atom. The summed E-state index contributed by atoms with van der Waals surface area (Å²) >= 11 is 9.16. The molecule has 2 aromatic rings. The Hall–Kier alpha value is -1.37. The number of halogens is 2. The number of rotatable bonds is 4. The number of Topliss-reactive ketones (excluding diaryl/α,β-unsaturated/α-hetero) is 1. The molecule has 1 N–H and O–H groups in total. The maximum atomic E-state index is 12.2. The molecule has 0 saturated carbocycles. The van der Waals surface area contributed by atoms with E-state index in [1.54, 1.807) is 12.1 Å². The fourth-order valence-corrected chi connectivity index (χ4v) is 3.12. The molecule has 0 bridgehead atoms. The van der Waals surface area contributed by atoms with Crippen LogP contribution in [0.15, 0.2) is 51.8 Å². The minimum atomic E-state index is -3.72. The number of hydrogen-bond donors (Lipinski definition) is 1. The molecule has 0 aliphatic heterocycles. The van der Waals surface area contributed by atoms with Gasteiger partial charge in [0.25, 0.3) is 10.0 Å². The summed E-state index contributed by atoms with van der Waals surface area (Å²) in [5.74, 6) is -0.119. The van der Waals surface area contributed by atoms with Gasteiger partial charge in [-0.05, 0) is 53.2 Å². The van der Waals surface area contributed by atoms with Crippen molar-refractivity contribution < 1.29 is 13.2 Å². The largest absolute Gasteiger partial charge is 0.295 e. The van der Waals surface area contributed by atoms with Crippen LogP contribution in [0.4, 0.5) is 5.69 Å². The molecule has 0 aliphatic rings. The fourth-order valence-electron chi connectivity index (χ4n) is 1.64. The number of benzene rings is 2. The topological polar surface area (TPSA) is 63.2 Å². The first-order valence-electron chi connectivity index (χ1n) is 5.88. The lowest BCUT2D eigenvalue weighted by molar-refractivity contribution is 0.101. The zero-order valence-electron chi connectivity index (χ0n) is 10.9. The summed E-state index contributed by atoms with van der Waals surface area (Å²) in [4.78, 5) is 11.3. The van der Waals surface area contributed by atoms with Gasteiger partial charge in [0.05, 0.1) is 15.6 Å². The van der Waals surface area contributed by atoms with Crippen LogP contribution in [-0.2, 0) is 10.0 Å². The number of ketones is 1. The summed E-state index contributed by atoms with van der Waals surface area (Å²) in [7, 11) is -3.72. The highest BCUT2D eigenvalue weighted by Crippen LogP contribution is 2.27. The Labute approximate surface area is 136 Å². The minimum absolute atomic E-state index is 0.0755. The van der Waals surface area contributed by atoms with Crippen LogP contribution in [0, 0.1) is 0 Å². The first-order valence-corrected chi connectivity index (χ1v) is 8.54. The van der Waals surface area contributed by atoms with Gasteiger partial charge in [-0.15, -0.1) is 0 Å². The fraction of sp³-hybridized carbons (Fsp3) is 0.0714. The second kappa shape index (κ2) is 6.17. The summed E-state index contributed by atoms with van der Waals surface area (Å²) < 4.78 is 27.6. The number of carbonyl (C=O) groups is 1. The van der Waals surface area contributed by atoms with Crippen molar-refractivity contribution in [1.29, 1.82) is 0 Å². The van der Waals surface area contributed by atoms with Crippen molar-refractivity contribution in [3.05, 3.63) is 57.5 Å². The average Bonchev–Trinajstić information content (AvgIpc) is 2.43. The molecular formula is C14H11BrClNO3S. The summed E-state index contributed by atoms with van der Waals surface area (Å²) in [5.41, 5.74) is 0.819. The van der Waals surface area contributed by atoms with E-state index in [2.05, 4.69) is 20.7 Å². The van der Waals surface area contributed by atoms with Crippen LogP contribution in [0.5, 0.6) is 0 Å². The van der Waals surface area contributed by atoms with Gasteiger partial charge in [0.1, 0.15) is 0 Å². The number of nitrogens with one attached hydrogen (secondary N) is 1. The van der Waals surface area contributed by atoms with Crippen LogP contribution in [0.25, 0.3) is 0 Å². The Morgan fingerprint density at radius 2 is 1.76 bits per heavy atom. The van der Waals surface area contributed by atoms with Crippen LogP contribution in [0.2, 0.25) is 5.02 Å². The van der Waals surface area contributed by atoms with Crippen molar-refractivity contribution in [3.8, 4) is 0 Å². The van der Waals surface area contributed by atoms with Gasteiger partial charge in [-0.1, -0.05) is 23.7 Å². The molecule has 2 aromatic carbocycles. The zero-order chi connectivity index (χ0) is 15.6. The minimum Gasteiger partial charge on any atom is -0.295 e. The zero-order valence-corrected chi connectivity index (χ0v) is 14.1. The molecule has 21 heavy (non-hydrogen) atoms. The van der Waals surface area contributed by atoms with E-state index < -0.39 is 10.0 Å². The lowest BCUT2D eigenvalue weighted by atomic mass is 10.2. The SMILES string of the molecule is CC(=O)c1ccc(S(=O)(=O)Nc2ccc(Br)c(Cl)c2)cc1. The maximum Gasteiger partial charge on any atom is 0.261 e. The Bertz CT molecular complexity index is 788.